The molecule has 1 rings (SSSR count). The molecule has 0 aromatic carbocycles. The molecule has 1 fully saturated rings. The van der Waals surface area contributed by atoms with Crippen LogP contribution in [-0.4, -0.2) is 26.3 Å². The van der Waals surface area contributed by atoms with E-state index in [1.807, 2.05) is 0 Å². The lowest BCUT2D eigenvalue weighted by Crippen LogP contribution is -2.49. The van der Waals surface area contributed by atoms with Crippen molar-refractivity contribution >= 4 is 22.4 Å². The topological polar surface area (TPSA) is 72.2 Å². The van der Waals surface area contributed by atoms with Crippen molar-refractivity contribution < 1.29 is 8.42 Å². The maximum atomic E-state index is 11.6. The van der Waals surface area contributed by atoms with Crippen molar-refractivity contribution in [3.05, 3.63) is 0 Å². The van der Waals surface area contributed by atoms with Crippen molar-refractivity contribution in [3.63, 3.8) is 0 Å². The third kappa shape index (κ3) is 6.35. The van der Waals surface area contributed by atoms with E-state index in [1.165, 1.54) is 12.8 Å². The van der Waals surface area contributed by atoms with Crippen molar-refractivity contribution in [2.24, 2.45) is 11.7 Å². The summed E-state index contributed by atoms with van der Waals surface area (Å²) in [5.74, 6) is 0.883. The predicted octanol–water partition coefficient (Wildman–Crippen LogP) is 0.865. The van der Waals surface area contributed by atoms with Gasteiger partial charge in [0.1, 0.15) is 0 Å². The molecule has 6 heteroatoms. The van der Waals surface area contributed by atoms with Crippen LogP contribution in [0.25, 0.3) is 0 Å². The van der Waals surface area contributed by atoms with Crippen LogP contribution in [0.2, 0.25) is 0 Å². The summed E-state index contributed by atoms with van der Waals surface area (Å²) in [6.45, 7) is 3.90. The van der Waals surface area contributed by atoms with Crippen LogP contribution in [0.5, 0.6) is 0 Å². The van der Waals surface area contributed by atoms with Gasteiger partial charge in [-0.25, -0.2) is 13.1 Å². The van der Waals surface area contributed by atoms with E-state index in [0.717, 1.165) is 6.42 Å². The number of nitrogens with one attached hydrogen (secondary N) is 1. The molecular formula is C9H21ClN2O2S. The Bertz CT molecular complexity index is 286. The molecular weight excluding hydrogens is 236 g/mol. The second-order valence-corrected chi connectivity index (χ2v) is 6.58. The Labute approximate surface area is 98.5 Å². The molecule has 0 heterocycles. The van der Waals surface area contributed by atoms with E-state index in [1.54, 1.807) is 13.8 Å². The summed E-state index contributed by atoms with van der Waals surface area (Å²) in [4.78, 5) is 0. The molecule has 1 saturated carbocycles. The fourth-order valence-corrected chi connectivity index (χ4v) is 2.91. The molecule has 15 heavy (non-hydrogen) atoms. The quantitative estimate of drug-likeness (QED) is 0.741. The minimum absolute atomic E-state index is 0. The van der Waals surface area contributed by atoms with Gasteiger partial charge in [-0.2, -0.15) is 0 Å². The number of halogens is 1. The molecule has 0 aromatic heterocycles. The number of hydrogen-bond donors (Lipinski definition) is 2. The maximum Gasteiger partial charge on any atom is 0.212 e. The molecule has 0 bridgehead atoms. The summed E-state index contributed by atoms with van der Waals surface area (Å²) in [6, 6.07) is 0. The maximum absolute atomic E-state index is 11.6. The van der Waals surface area contributed by atoms with Gasteiger partial charge >= 0.3 is 0 Å². The van der Waals surface area contributed by atoms with Crippen molar-refractivity contribution in [2.45, 2.75) is 38.6 Å². The molecule has 0 atom stereocenters. The Kier molecular flexibility index (Phi) is 5.54. The molecule has 3 N–H and O–H groups in total. The lowest BCUT2D eigenvalue weighted by atomic mass is 10.1. The molecule has 0 saturated heterocycles. The van der Waals surface area contributed by atoms with Gasteiger partial charge in [-0.3, -0.25) is 0 Å². The van der Waals surface area contributed by atoms with Crippen molar-refractivity contribution in [3.8, 4) is 0 Å². The second-order valence-electron chi connectivity index (χ2n) is 4.74. The van der Waals surface area contributed by atoms with Crippen LogP contribution < -0.4 is 10.5 Å². The van der Waals surface area contributed by atoms with Crippen LogP contribution in [0.4, 0.5) is 0 Å². The van der Waals surface area contributed by atoms with Crippen LogP contribution in [0.15, 0.2) is 0 Å². The average Bonchev–Trinajstić information content (AvgIpc) is 2.82. The Morgan fingerprint density at radius 3 is 2.33 bits per heavy atom. The fourth-order valence-electron chi connectivity index (χ4n) is 1.24. The Hall–Kier alpha value is 0.160. The van der Waals surface area contributed by atoms with Gasteiger partial charge < -0.3 is 5.73 Å². The summed E-state index contributed by atoms with van der Waals surface area (Å²) in [5, 5.41) is 0. The van der Waals surface area contributed by atoms with Crippen molar-refractivity contribution in [2.75, 3.05) is 12.3 Å². The first-order chi connectivity index (χ1) is 6.35. The molecule has 4 nitrogen and oxygen atoms in total. The van der Waals surface area contributed by atoms with E-state index in [-0.39, 0.29) is 18.2 Å². The largest absolute Gasteiger partial charge is 0.329 e. The monoisotopic (exact) mass is 256 g/mol. The molecule has 0 radical (unpaired) electrons. The summed E-state index contributed by atoms with van der Waals surface area (Å²) in [5.41, 5.74) is 4.93. The number of sulfonamides is 1. The highest BCUT2D eigenvalue weighted by atomic mass is 35.5. The predicted molar refractivity (Wildman–Crippen MR) is 64.6 cm³/mol. The van der Waals surface area contributed by atoms with Crippen LogP contribution in [0, 0.1) is 5.92 Å². The van der Waals surface area contributed by atoms with Crippen molar-refractivity contribution in [1.82, 2.24) is 4.72 Å². The Morgan fingerprint density at radius 2 is 1.93 bits per heavy atom. The van der Waals surface area contributed by atoms with E-state index in [9.17, 15) is 8.42 Å². The summed E-state index contributed by atoms with van der Waals surface area (Å²) < 4.78 is 25.8. The number of rotatable bonds is 6. The third-order valence-corrected chi connectivity index (χ3v) is 4.07. The molecule has 0 aromatic rings. The lowest BCUT2D eigenvalue weighted by Gasteiger charge is -2.23. The Balaban J connectivity index is 0.00000196. The van der Waals surface area contributed by atoms with Crippen LogP contribution in [-0.2, 0) is 10.0 Å². The van der Waals surface area contributed by atoms with Gasteiger partial charge in [0.25, 0.3) is 0 Å². The van der Waals surface area contributed by atoms with E-state index >= 15 is 0 Å². The minimum Gasteiger partial charge on any atom is -0.329 e. The van der Waals surface area contributed by atoms with Crippen LogP contribution >= 0.6 is 12.4 Å². The van der Waals surface area contributed by atoms with Gasteiger partial charge in [0.05, 0.1) is 5.75 Å². The van der Waals surface area contributed by atoms with E-state index in [0.29, 0.717) is 12.5 Å². The smallest absolute Gasteiger partial charge is 0.212 e. The summed E-state index contributed by atoms with van der Waals surface area (Å²) >= 11 is 0. The molecule has 92 valence electrons. The van der Waals surface area contributed by atoms with Crippen LogP contribution in [0.3, 0.4) is 0 Å². The zero-order chi connectivity index (χ0) is 10.8. The molecule has 0 amide bonds. The highest BCUT2D eigenvalue weighted by molar-refractivity contribution is 7.89. The van der Waals surface area contributed by atoms with E-state index < -0.39 is 15.6 Å². The van der Waals surface area contributed by atoms with Gasteiger partial charge in [0.2, 0.25) is 10.0 Å². The van der Waals surface area contributed by atoms with Gasteiger partial charge in [0, 0.05) is 12.1 Å². The second kappa shape index (κ2) is 5.48. The summed E-state index contributed by atoms with van der Waals surface area (Å²) in [6.07, 6.45) is 3.17. The standard InChI is InChI=1S/C9H20N2O2S.ClH/c1-9(2,7-10)11-14(12,13)6-5-8-3-4-8;/h8,11H,3-7,10H2,1-2H3;1H. The molecule has 1 aliphatic rings. The lowest BCUT2D eigenvalue weighted by molar-refractivity contribution is 0.461. The Morgan fingerprint density at radius 1 is 1.40 bits per heavy atom. The van der Waals surface area contributed by atoms with Crippen LogP contribution in [0.1, 0.15) is 33.1 Å². The highest BCUT2D eigenvalue weighted by Gasteiger charge is 2.27. The minimum atomic E-state index is -3.14. The fraction of sp³-hybridized carbons (Fsp3) is 1.00. The van der Waals surface area contributed by atoms with Crippen molar-refractivity contribution in [1.29, 1.82) is 0 Å². The first-order valence-corrected chi connectivity index (χ1v) is 6.71. The number of nitrogens with two attached hydrogens (primary N) is 1. The molecule has 1 aliphatic carbocycles. The highest BCUT2D eigenvalue weighted by Crippen LogP contribution is 2.32. The summed E-state index contributed by atoms with van der Waals surface area (Å²) in [7, 11) is -3.14. The first kappa shape index (κ1) is 15.2. The first-order valence-electron chi connectivity index (χ1n) is 5.06. The third-order valence-electron chi connectivity index (χ3n) is 2.43. The SMILES string of the molecule is CC(C)(CN)NS(=O)(=O)CCC1CC1.Cl. The zero-order valence-electron chi connectivity index (χ0n) is 9.32. The van der Waals surface area contributed by atoms with E-state index in [4.69, 9.17) is 5.73 Å². The molecule has 0 aliphatic heterocycles. The van der Waals surface area contributed by atoms with Gasteiger partial charge in [-0.15, -0.1) is 12.4 Å². The zero-order valence-corrected chi connectivity index (χ0v) is 11.0. The van der Waals surface area contributed by atoms with Gasteiger partial charge in [-0.1, -0.05) is 12.8 Å². The van der Waals surface area contributed by atoms with Gasteiger partial charge in [-0.05, 0) is 26.2 Å². The molecule has 0 unspecified atom stereocenters. The normalized spacial score (nSPS) is 17.3. The molecule has 0 spiro atoms. The van der Waals surface area contributed by atoms with Gasteiger partial charge in [0.15, 0.2) is 0 Å². The number of hydrogen-bond acceptors (Lipinski definition) is 3. The van der Waals surface area contributed by atoms with E-state index in [2.05, 4.69) is 4.72 Å². The average molecular weight is 257 g/mol.